The molecule has 0 atom stereocenters. The molecule has 1 amide bonds. The highest BCUT2D eigenvalue weighted by atomic mass is 32.1. The van der Waals surface area contributed by atoms with Crippen molar-refractivity contribution in [3.05, 3.63) is 65.2 Å². The lowest BCUT2D eigenvalue weighted by Crippen LogP contribution is -2.12. The fourth-order valence-electron chi connectivity index (χ4n) is 2.69. The van der Waals surface area contributed by atoms with Gasteiger partial charge in [-0.3, -0.25) is 4.79 Å². The van der Waals surface area contributed by atoms with E-state index in [1.54, 1.807) is 5.38 Å². The minimum absolute atomic E-state index is 0.211. The van der Waals surface area contributed by atoms with Gasteiger partial charge in [0.2, 0.25) is 0 Å². The Kier molecular flexibility index (Phi) is 7.03. The zero-order chi connectivity index (χ0) is 19.8. The van der Waals surface area contributed by atoms with Crippen molar-refractivity contribution in [3.63, 3.8) is 0 Å². The molecule has 0 aliphatic heterocycles. The molecular formula is C22H25N3O2S. The summed E-state index contributed by atoms with van der Waals surface area (Å²) in [7, 11) is 0. The molecule has 3 rings (SSSR count). The molecule has 0 radical (unpaired) electrons. The highest BCUT2D eigenvalue weighted by molar-refractivity contribution is 7.14. The number of hydrogen-bond donors (Lipinski definition) is 2. The summed E-state index contributed by atoms with van der Waals surface area (Å²) in [6.07, 6.45) is 3.42. The van der Waals surface area contributed by atoms with E-state index in [0.717, 1.165) is 23.5 Å². The Labute approximate surface area is 169 Å². The number of aromatic nitrogens is 1. The van der Waals surface area contributed by atoms with Gasteiger partial charge in [0.05, 0.1) is 6.61 Å². The van der Waals surface area contributed by atoms with Crippen molar-refractivity contribution in [2.24, 2.45) is 0 Å². The van der Waals surface area contributed by atoms with Gasteiger partial charge in [0.1, 0.15) is 11.4 Å². The van der Waals surface area contributed by atoms with Crippen molar-refractivity contribution in [3.8, 4) is 5.75 Å². The lowest BCUT2D eigenvalue weighted by Gasteiger charge is -2.06. The number of unbranched alkanes of at least 4 members (excludes halogenated alkanes) is 1. The number of rotatable bonds is 9. The fraction of sp³-hybridized carbons (Fsp3) is 0.273. The number of anilines is 3. The lowest BCUT2D eigenvalue weighted by molar-refractivity contribution is 0.102. The monoisotopic (exact) mass is 395 g/mol. The van der Waals surface area contributed by atoms with Crippen molar-refractivity contribution < 1.29 is 9.53 Å². The van der Waals surface area contributed by atoms with Crippen LogP contribution in [0.1, 0.15) is 42.7 Å². The van der Waals surface area contributed by atoms with E-state index in [0.29, 0.717) is 17.4 Å². The van der Waals surface area contributed by atoms with Crippen LogP contribution in [0.4, 0.5) is 16.5 Å². The predicted molar refractivity (Wildman–Crippen MR) is 116 cm³/mol. The van der Waals surface area contributed by atoms with Crippen LogP contribution in [-0.4, -0.2) is 17.5 Å². The largest absolute Gasteiger partial charge is 0.494 e. The molecule has 6 heteroatoms. The number of carbonyl (C=O) groups excluding carboxylic acids is 1. The van der Waals surface area contributed by atoms with Gasteiger partial charge >= 0.3 is 0 Å². The van der Waals surface area contributed by atoms with Gasteiger partial charge in [-0.2, -0.15) is 0 Å². The molecule has 0 bridgehead atoms. The van der Waals surface area contributed by atoms with Gasteiger partial charge in [-0.1, -0.05) is 25.5 Å². The van der Waals surface area contributed by atoms with Crippen molar-refractivity contribution in [2.75, 3.05) is 17.2 Å². The number of nitrogens with zero attached hydrogens (tertiary/aromatic N) is 1. The van der Waals surface area contributed by atoms with Crippen LogP contribution in [0.15, 0.2) is 53.9 Å². The summed E-state index contributed by atoms with van der Waals surface area (Å²) in [5, 5.41) is 8.53. The highest BCUT2D eigenvalue weighted by Crippen LogP contribution is 2.23. The first kappa shape index (κ1) is 19.9. The number of thiazole rings is 1. The van der Waals surface area contributed by atoms with E-state index < -0.39 is 0 Å². The van der Waals surface area contributed by atoms with E-state index >= 15 is 0 Å². The number of hydrogen-bond acceptors (Lipinski definition) is 5. The third-order valence-electron chi connectivity index (χ3n) is 4.18. The minimum Gasteiger partial charge on any atom is -0.494 e. The molecule has 1 aromatic heterocycles. The van der Waals surface area contributed by atoms with E-state index in [4.69, 9.17) is 4.74 Å². The maximum atomic E-state index is 12.4. The molecule has 0 saturated heterocycles. The van der Waals surface area contributed by atoms with Crippen LogP contribution < -0.4 is 15.4 Å². The van der Waals surface area contributed by atoms with Crippen LogP contribution in [0.3, 0.4) is 0 Å². The van der Waals surface area contributed by atoms with Crippen LogP contribution in [0.5, 0.6) is 5.75 Å². The van der Waals surface area contributed by atoms with Crippen molar-refractivity contribution in [2.45, 2.75) is 33.1 Å². The zero-order valence-electron chi connectivity index (χ0n) is 16.2. The molecule has 0 fully saturated rings. The van der Waals surface area contributed by atoms with Gasteiger partial charge in [0.15, 0.2) is 5.13 Å². The van der Waals surface area contributed by atoms with Crippen molar-refractivity contribution >= 4 is 33.8 Å². The van der Waals surface area contributed by atoms with Crippen molar-refractivity contribution in [1.29, 1.82) is 0 Å². The molecule has 5 nitrogen and oxygen atoms in total. The van der Waals surface area contributed by atoms with E-state index in [9.17, 15) is 4.79 Å². The molecule has 2 N–H and O–H groups in total. The SMILES string of the molecule is CCCCc1ccc(NC(=O)c2csc(Nc3ccc(OCC)cc3)n2)cc1. The van der Waals surface area contributed by atoms with Gasteiger partial charge in [0, 0.05) is 16.8 Å². The number of nitrogens with one attached hydrogen (secondary N) is 2. The molecule has 0 spiro atoms. The Morgan fingerprint density at radius 2 is 1.75 bits per heavy atom. The summed E-state index contributed by atoms with van der Waals surface area (Å²) >= 11 is 1.39. The molecule has 2 aromatic carbocycles. The molecule has 0 unspecified atom stereocenters. The van der Waals surface area contributed by atoms with Gasteiger partial charge in [-0.05, 0) is 61.7 Å². The number of benzene rings is 2. The van der Waals surface area contributed by atoms with Crippen LogP contribution >= 0.6 is 11.3 Å². The Morgan fingerprint density at radius 3 is 2.43 bits per heavy atom. The van der Waals surface area contributed by atoms with Gasteiger partial charge in [-0.15, -0.1) is 11.3 Å². The number of aryl methyl sites for hydroxylation is 1. The lowest BCUT2D eigenvalue weighted by atomic mass is 10.1. The highest BCUT2D eigenvalue weighted by Gasteiger charge is 2.11. The average Bonchev–Trinajstić information content (AvgIpc) is 3.18. The van der Waals surface area contributed by atoms with E-state index in [-0.39, 0.29) is 5.91 Å². The minimum atomic E-state index is -0.211. The molecule has 28 heavy (non-hydrogen) atoms. The maximum Gasteiger partial charge on any atom is 0.275 e. The van der Waals surface area contributed by atoms with E-state index in [1.807, 2.05) is 43.3 Å². The summed E-state index contributed by atoms with van der Waals surface area (Å²) < 4.78 is 5.44. The molecule has 1 heterocycles. The second-order valence-corrected chi connectivity index (χ2v) is 7.23. The predicted octanol–water partition coefficient (Wildman–Crippen LogP) is 5.88. The van der Waals surface area contributed by atoms with Crippen LogP contribution in [0, 0.1) is 0 Å². The standard InChI is InChI=1S/C22H25N3O2S/c1-3-5-6-16-7-9-17(10-8-16)23-21(26)20-15-28-22(25-20)24-18-11-13-19(14-12-18)27-4-2/h7-15H,3-6H2,1-2H3,(H,23,26)(H,24,25). The summed E-state index contributed by atoms with van der Waals surface area (Å²) in [5.74, 6) is 0.616. The van der Waals surface area contributed by atoms with Crippen LogP contribution in [0.25, 0.3) is 0 Å². The second kappa shape index (κ2) is 9.90. The second-order valence-electron chi connectivity index (χ2n) is 6.37. The topological polar surface area (TPSA) is 63.2 Å². The van der Waals surface area contributed by atoms with Crippen molar-refractivity contribution in [1.82, 2.24) is 4.98 Å². The van der Waals surface area contributed by atoms with E-state index in [1.165, 1.54) is 29.7 Å². The molecule has 0 saturated carbocycles. The van der Waals surface area contributed by atoms with Gasteiger partial charge in [0.25, 0.3) is 5.91 Å². The number of carbonyl (C=O) groups is 1. The molecule has 0 aliphatic rings. The Bertz CT molecular complexity index is 889. The van der Waals surface area contributed by atoms with E-state index in [2.05, 4.69) is 34.7 Å². The first-order valence-electron chi connectivity index (χ1n) is 9.53. The third kappa shape index (κ3) is 5.57. The van der Waals surface area contributed by atoms with Gasteiger partial charge < -0.3 is 15.4 Å². The van der Waals surface area contributed by atoms with Crippen LogP contribution in [-0.2, 0) is 6.42 Å². The molecular weight excluding hydrogens is 370 g/mol. The maximum absolute atomic E-state index is 12.4. The molecule has 146 valence electrons. The summed E-state index contributed by atoms with van der Waals surface area (Å²) in [6, 6.07) is 15.6. The fourth-order valence-corrected chi connectivity index (χ4v) is 3.40. The molecule has 0 aliphatic carbocycles. The number of ether oxygens (including phenoxy) is 1. The summed E-state index contributed by atoms with van der Waals surface area (Å²) in [6.45, 7) is 4.77. The quantitative estimate of drug-likeness (QED) is 0.475. The Morgan fingerprint density at radius 1 is 1.04 bits per heavy atom. The Hall–Kier alpha value is -2.86. The van der Waals surface area contributed by atoms with Crippen LogP contribution in [0.2, 0.25) is 0 Å². The first-order chi connectivity index (χ1) is 13.7. The smallest absolute Gasteiger partial charge is 0.275 e. The summed E-state index contributed by atoms with van der Waals surface area (Å²) in [4.78, 5) is 16.8. The first-order valence-corrected chi connectivity index (χ1v) is 10.4. The third-order valence-corrected chi connectivity index (χ3v) is 4.94. The summed E-state index contributed by atoms with van der Waals surface area (Å²) in [5.41, 5.74) is 3.36. The average molecular weight is 396 g/mol. The zero-order valence-corrected chi connectivity index (χ0v) is 17.0. The molecule has 3 aromatic rings. The van der Waals surface area contributed by atoms with Gasteiger partial charge in [-0.25, -0.2) is 4.98 Å². The normalized spacial score (nSPS) is 10.5. The number of amides is 1. The Balaban J connectivity index is 1.57.